The van der Waals surface area contributed by atoms with E-state index in [0.29, 0.717) is 15.9 Å². The number of pyridine rings is 2. The monoisotopic (exact) mass is 492 g/mol. The second kappa shape index (κ2) is 10.3. The van der Waals surface area contributed by atoms with E-state index in [1.54, 1.807) is 54.7 Å². The van der Waals surface area contributed by atoms with Crippen molar-refractivity contribution in [1.82, 2.24) is 19.5 Å². The predicted octanol–water partition coefficient (Wildman–Crippen LogP) is 0.409. The first-order valence-corrected chi connectivity index (χ1v) is 11.9. The summed E-state index contributed by atoms with van der Waals surface area (Å²) in [5.74, 6) is -0.646. The molecule has 0 radical (unpaired) electrons. The molecule has 0 aliphatic heterocycles. The van der Waals surface area contributed by atoms with Gasteiger partial charge in [-0.15, -0.1) is 0 Å². The van der Waals surface area contributed by atoms with Gasteiger partial charge < -0.3 is 9.72 Å². The Labute approximate surface area is 199 Å². The van der Waals surface area contributed by atoms with Crippen molar-refractivity contribution in [3.63, 3.8) is 0 Å². The second-order valence-electron chi connectivity index (χ2n) is 7.43. The molecule has 3 heterocycles. The molecule has 10 nitrogen and oxygen atoms in total. The minimum absolute atomic E-state index is 0.131. The van der Waals surface area contributed by atoms with Gasteiger partial charge in [-0.25, -0.2) is 0 Å². The Bertz CT molecular complexity index is 1660. The van der Waals surface area contributed by atoms with E-state index in [4.69, 9.17) is 4.74 Å². The molecule has 4 aromatic rings. The van der Waals surface area contributed by atoms with Crippen LogP contribution in [0.1, 0.15) is 17.0 Å². The zero-order chi connectivity index (χ0) is 24.8. The highest BCUT2D eigenvalue weighted by Gasteiger charge is 2.13. The van der Waals surface area contributed by atoms with Crippen molar-refractivity contribution in [2.75, 3.05) is 0 Å². The number of benzene rings is 1. The molecule has 11 heteroatoms. The Balaban J connectivity index is 1.73. The van der Waals surface area contributed by atoms with Gasteiger partial charge in [0.15, 0.2) is 5.88 Å². The number of ether oxygens (including phenoxy) is 1. The molecule has 3 aromatic heterocycles. The summed E-state index contributed by atoms with van der Waals surface area (Å²) in [4.78, 5) is 36.7. The minimum atomic E-state index is -4.63. The Morgan fingerprint density at radius 1 is 0.971 bits per heavy atom. The molecule has 0 aliphatic rings. The fourth-order valence-corrected chi connectivity index (χ4v) is 3.79. The molecule has 0 bridgehead atoms. The summed E-state index contributed by atoms with van der Waals surface area (Å²) in [6.45, 7) is 0.235. The van der Waals surface area contributed by atoms with Crippen molar-refractivity contribution in [2.24, 2.45) is 0 Å². The van der Waals surface area contributed by atoms with Gasteiger partial charge in [-0.2, -0.15) is 8.42 Å². The fourth-order valence-electron chi connectivity index (χ4n) is 3.21. The smallest absolute Gasteiger partial charge is 0.283 e. The number of nitrogens with zero attached hydrogens (tertiary/aromatic N) is 3. The normalized spacial score (nSPS) is 12.6. The maximum absolute atomic E-state index is 13.0. The van der Waals surface area contributed by atoms with Crippen molar-refractivity contribution in [3.05, 3.63) is 121 Å². The number of nitrogens with one attached hydrogen (secondary N) is 1. The van der Waals surface area contributed by atoms with Gasteiger partial charge >= 0.3 is 0 Å². The van der Waals surface area contributed by atoms with Crippen LogP contribution in [0, 0.1) is 0 Å². The molecule has 0 aliphatic carbocycles. The second-order valence-corrected chi connectivity index (χ2v) is 8.85. The number of hydrogen-bond donors (Lipinski definition) is 2. The lowest BCUT2D eigenvalue weighted by atomic mass is 10.2. The Hall–Kier alpha value is -4.35. The quantitative estimate of drug-likeness (QED) is 0.353. The highest BCUT2D eigenvalue weighted by atomic mass is 32.2. The Morgan fingerprint density at radius 2 is 1.74 bits per heavy atom. The first-order chi connectivity index (χ1) is 16.8. The molecule has 1 aromatic carbocycles. The van der Waals surface area contributed by atoms with Gasteiger partial charge in [-0.1, -0.05) is 36.4 Å². The summed E-state index contributed by atoms with van der Waals surface area (Å²) in [6.07, 6.45) is 5.74. The Kier molecular flexibility index (Phi) is 6.99. The predicted molar refractivity (Wildman–Crippen MR) is 129 cm³/mol. The van der Waals surface area contributed by atoms with Crippen LogP contribution in [-0.4, -0.2) is 32.5 Å². The third kappa shape index (κ3) is 6.37. The lowest BCUT2D eigenvalue weighted by molar-refractivity contribution is 0.300. The average molecular weight is 493 g/mol. The molecule has 4 rings (SSSR count). The van der Waals surface area contributed by atoms with E-state index in [1.165, 1.54) is 18.3 Å². The standard InChI is InChI=1S/C24H20N4O6S/c29-23-22(13-18-9-10-20(14-26-18)34-15-19-8-4-5-11-25-19)28(16-35(31,32)33)24(30)21(27-23)12-17-6-2-1-3-7-17/h1-14H,15-16H2,(H,27,29)(H,31,32,33). The Morgan fingerprint density at radius 3 is 2.40 bits per heavy atom. The van der Waals surface area contributed by atoms with Gasteiger partial charge in [-0.05, 0) is 42.0 Å². The van der Waals surface area contributed by atoms with Gasteiger partial charge in [0.2, 0.25) is 0 Å². The zero-order valence-electron chi connectivity index (χ0n) is 18.2. The third-order valence-corrected chi connectivity index (χ3v) is 5.39. The minimum Gasteiger partial charge on any atom is -0.486 e. The molecule has 0 amide bonds. The van der Waals surface area contributed by atoms with E-state index in [1.807, 2.05) is 12.1 Å². The van der Waals surface area contributed by atoms with Crippen molar-refractivity contribution in [3.8, 4) is 5.75 Å². The van der Waals surface area contributed by atoms with Gasteiger partial charge in [-0.3, -0.25) is 28.7 Å². The van der Waals surface area contributed by atoms with Gasteiger partial charge in [0.05, 0.1) is 17.6 Å². The maximum Gasteiger partial charge on any atom is 0.283 e. The van der Waals surface area contributed by atoms with E-state index < -0.39 is 27.1 Å². The van der Waals surface area contributed by atoms with Crippen LogP contribution in [0.15, 0.2) is 82.6 Å². The summed E-state index contributed by atoms with van der Waals surface area (Å²) >= 11 is 0. The van der Waals surface area contributed by atoms with Crippen LogP contribution in [0.5, 0.6) is 5.75 Å². The maximum atomic E-state index is 13.0. The molecular weight excluding hydrogens is 472 g/mol. The van der Waals surface area contributed by atoms with E-state index >= 15 is 0 Å². The largest absolute Gasteiger partial charge is 0.486 e. The van der Waals surface area contributed by atoms with E-state index in [2.05, 4.69) is 15.0 Å². The highest BCUT2D eigenvalue weighted by molar-refractivity contribution is 7.84. The molecule has 0 spiro atoms. The molecule has 0 saturated carbocycles. The van der Waals surface area contributed by atoms with Crippen LogP contribution in [0.2, 0.25) is 0 Å². The number of aromatic amines is 1. The van der Waals surface area contributed by atoms with Crippen LogP contribution >= 0.6 is 0 Å². The molecular formula is C24H20N4O6S. The number of hydrogen-bond acceptors (Lipinski definition) is 7. The molecule has 0 unspecified atom stereocenters. The first-order valence-electron chi connectivity index (χ1n) is 10.3. The summed E-state index contributed by atoms with van der Waals surface area (Å²) in [7, 11) is -4.63. The first kappa shape index (κ1) is 23.8. The van der Waals surface area contributed by atoms with Gasteiger partial charge in [0, 0.05) is 6.20 Å². The highest BCUT2D eigenvalue weighted by Crippen LogP contribution is 2.11. The zero-order valence-corrected chi connectivity index (χ0v) is 19.1. The number of aromatic nitrogens is 4. The number of H-pyrrole nitrogens is 1. The lowest BCUT2D eigenvalue weighted by Gasteiger charge is -2.06. The summed E-state index contributed by atoms with van der Waals surface area (Å²) in [6, 6.07) is 17.3. The van der Waals surface area contributed by atoms with E-state index in [-0.39, 0.29) is 23.0 Å². The summed E-state index contributed by atoms with van der Waals surface area (Å²) in [5.41, 5.74) is 0.0963. The van der Waals surface area contributed by atoms with Gasteiger partial charge in [0.25, 0.3) is 21.2 Å². The van der Waals surface area contributed by atoms with Crippen molar-refractivity contribution < 1.29 is 17.7 Å². The molecule has 0 fully saturated rings. The van der Waals surface area contributed by atoms with Crippen LogP contribution in [0.25, 0.3) is 12.2 Å². The summed E-state index contributed by atoms with van der Waals surface area (Å²) < 4.78 is 38.9. The van der Waals surface area contributed by atoms with Crippen molar-refractivity contribution in [2.45, 2.75) is 12.5 Å². The third-order valence-electron chi connectivity index (χ3n) is 4.81. The van der Waals surface area contributed by atoms with Crippen LogP contribution in [0.3, 0.4) is 0 Å². The fraction of sp³-hybridized carbons (Fsp3) is 0.0833. The molecule has 178 valence electrons. The molecule has 0 atom stereocenters. The average Bonchev–Trinajstić information content (AvgIpc) is 2.84. The van der Waals surface area contributed by atoms with Crippen molar-refractivity contribution in [1.29, 1.82) is 0 Å². The molecule has 2 N–H and O–H groups in total. The molecule has 35 heavy (non-hydrogen) atoms. The lowest BCUT2D eigenvalue weighted by Crippen LogP contribution is -2.54. The van der Waals surface area contributed by atoms with Crippen LogP contribution < -0.4 is 26.6 Å². The summed E-state index contributed by atoms with van der Waals surface area (Å²) in [5, 5.41) is -0.416. The van der Waals surface area contributed by atoms with Crippen LogP contribution in [0.4, 0.5) is 0 Å². The number of rotatable bonds is 7. The van der Waals surface area contributed by atoms with Gasteiger partial charge in [0.1, 0.15) is 23.1 Å². The van der Waals surface area contributed by atoms with E-state index in [0.717, 1.165) is 5.69 Å². The van der Waals surface area contributed by atoms with Crippen LogP contribution in [-0.2, 0) is 22.6 Å². The topological polar surface area (TPSA) is 144 Å². The molecule has 0 saturated heterocycles. The SMILES string of the molecule is O=c1[nH]c(=Cc2ccccc2)c(=O)n(CS(=O)(=O)O)c1=Cc1ccc(OCc2ccccn2)cn1. The van der Waals surface area contributed by atoms with Crippen molar-refractivity contribution >= 4 is 22.3 Å². The van der Waals surface area contributed by atoms with E-state index in [9.17, 15) is 22.6 Å².